The topological polar surface area (TPSA) is 22.0 Å². The monoisotopic (exact) mass is 477 g/mol. The number of aromatic nitrogens is 1. The lowest BCUT2D eigenvalue weighted by atomic mass is 10.1. The Kier molecular flexibility index (Phi) is 4.76. The number of alkyl halides is 4. The van der Waals surface area contributed by atoms with Crippen molar-refractivity contribution in [2.75, 3.05) is 0 Å². The van der Waals surface area contributed by atoms with E-state index in [0.717, 1.165) is 18.2 Å². The lowest BCUT2D eigenvalue weighted by molar-refractivity contribution is -0.137. The van der Waals surface area contributed by atoms with Crippen LogP contribution in [-0.4, -0.2) is 4.57 Å². The Morgan fingerprint density at radius 2 is 1.68 bits per heavy atom. The molecule has 0 bridgehead atoms. The third-order valence-electron chi connectivity index (χ3n) is 3.75. The standard InChI is InChI=1S/C17H9Br2F4NO/c18-8-14-15(19)16(25)12-7-10(20)3-6-13(12)24(14)11-4-1-9(2-5-11)17(21,22)23/h1-7H,8H2. The molecule has 0 spiro atoms. The highest BCUT2D eigenvalue weighted by atomic mass is 79.9. The summed E-state index contributed by atoms with van der Waals surface area (Å²) in [6, 6.07) is 8.31. The normalized spacial score (nSPS) is 11.9. The number of fused-ring (bicyclic) bond motifs is 1. The molecule has 3 aromatic rings. The lowest BCUT2D eigenvalue weighted by Gasteiger charge is -2.18. The van der Waals surface area contributed by atoms with Crippen LogP contribution >= 0.6 is 31.9 Å². The Balaban J connectivity index is 2.35. The van der Waals surface area contributed by atoms with E-state index in [-0.39, 0.29) is 20.6 Å². The molecule has 3 rings (SSSR count). The van der Waals surface area contributed by atoms with E-state index in [1.54, 1.807) is 4.57 Å². The van der Waals surface area contributed by atoms with Crippen LogP contribution < -0.4 is 5.43 Å². The van der Waals surface area contributed by atoms with E-state index in [1.165, 1.54) is 24.3 Å². The zero-order valence-electron chi connectivity index (χ0n) is 12.4. The molecule has 2 aromatic carbocycles. The van der Waals surface area contributed by atoms with Crippen LogP contribution in [0.15, 0.2) is 51.7 Å². The summed E-state index contributed by atoms with van der Waals surface area (Å²) in [7, 11) is 0. The molecule has 2 nitrogen and oxygen atoms in total. The first-order chi connectivity index (χ1) is 11.7. The van der Waals surface area contributed by atoms with Crippen LogP contribution in [0.5, 0.6) is 0 Å². The third-order valence-corrected chi connectivity index (χ3v) is 5.10. The fourth-order valence-electron chi connectivity index (χ4n) is 2.59. The molecule has 1 aromatic heterocycles. The smallest absolute Gasteiger partial charge is 0.311 e. The predicted molar refractivity (Wildman–Crippen MR) is 94.8 cm³/mol. The zero-order valence-corrected chi connectivity index (χ0v) is 15.5. The van der Waals surface area contributed by atoms with Gasteiger partial charge in [0.2, 0.25) is 5.43 Å². The molecule has 0 aliphatic rings. The number of benzene rings is 2. The van der Waals surface area contributed by atoms with Crippen molar-refractivity contribution >= 4 is 42.8 Å². The molecule has 25 heavy (non-hydrogen) atoms. The van der Waals surface area contributed by atoms with Gasteiger partial charge in [-0.25, -0.2) is 4.39 Å². The summed E-state index contributed by atoms with van der Waals surface area (Å²) in [5, 5.41) is 0.411. The SMILES string of the molecule is O=c1c(Br)c(CBr)n(-c2ccc(C(F)(F)F)cc2)c2ccc(F)cc12. The van der Waals surface area contributed by atoms with Gasteiger partial charge in [-0.15, -0.1) is 0 Å². The Hall–Kier alpha value is -1.67. The highest BCUT2D eigenvalue weighted by Gasteiger charge is 2.30. The Labute approximate surface area is 156 Å². The largest absolute Gasteiger partial charge is 0.416 e. The zero-order chi connectivity index (χ0) is 18.4. The minimum atomic E-state index is -4.44. The number of nitrogens with zero attached hydrogens (tertiary/aromatic N) is 1. The van der Waals surface area contributed by atoms with Gasteiger partial charge in [0, 0.05) is 11.0 Å². The molecule has 0 aliphatic carbocycles. The van der Waals surface area contributed by atoms with Gasteiger partial charge in [0.15, 0.2) is 0 Å². The molecule has 0 aliphatic heterocycles. The van der Waals surface area contributed by atoms with Crippen molar-refractivity contribution in [3.8, 4) is 5.69 Å². The fraction of sp³-hybridized carbons (Fsp3) is 0.118. The van der Waals surface area contributed by atoms with E-state index < -0.39 is 17.6 Å². The van der Waals surface area contributed by atoms with Gasteiger partial charge in [-0.05, 0) is 58.4 Å². The van der Waals surface area contributed by atoms with Gasteiger partial charge in [-0.3, -0.25) is 4.79 Å². The minimum Gasteiger partial charge on any atom is -0.311 e. The van der Waals surface area contributed by atoms with E-state index >= 15 is 0 Å². The van der Waals surface area contributed by atoms with Crippen LogP contribution in [0, 0.1) is 5.82 Å². The molecular formula is C17H9Br2F4NO. The van der Waals surface area contributed by atoms with Crippen molar-refractivity contribution in [3.05, 3.63) is 74.2 Å². The summed E-state index contributed by atoms with van der Waals surface area (Å²) in [6.07, 6.45) is -4.44. The van der Waals surface area contributed by atoms with E-state index in [0.29, 0.717) is 16.9 Å². The highest BCUT2D eigenvalue weighted by Crippen LogP contribution is 2.31. The van der Waals surface area contributed by atoms with Crippen LogP contribution in [0.2, 0.25) is 0 Å². The maximum Gasteiger partial charge on any atom is 0.416 e. The van der Waals surface area contributed by atoms with Gasteiger partial charge in [0.25, 0.3) is 0 Å². The molecule has 0 radical (unpaired) electrons. The van der Waals surface area contributed by atoms with Crippen molar-refractivity contribution in [1.82, 2.24) is 4.57 Å². The van der Waals surface area contributed by atoms with Crippen molar-refractivity contribution < 1.29 is 17.6 Å². The van der Waals surface area contributed by atoms with E-state index in [1.807, 2.05) is 0 Å². The number of pyridine rings is 1. The van der Waals surface area contributed by atoms with Crippen LogP contribution in [0.1, 0.15) is 11.3 Å². The van der Waals surface area contributed by atoms with E-state index in [4.69, 9.17) is 0 Å². The molecule has 0 amide bonds. The average Bonchev–Trinajstić information content (AvgIpc) is 2.57. The summed E-state index contributed by atoms with van der Waals surface area (Å²) in [6.45, 7) is 0. The van der Waals surface area contributed by atoms with Crippen molar-refractivity contribution in [2.24, 2.45) is 0 Å². The molecule has 0 N–H and O–H groups in total. The number of rotatable bonds is 2. The average molecular weight is 479 g/mol. The molecule has 0 unspecified atom stereocenters. The molecule has 1 heterocycles. The highest BCUT2D eigenvalue weighted by molar-refractivity contribution is 9.10. The summed E-state index contributed by atoms with van der Waals surface area (Å²) in [5.74, 6) is -0.568. The van der Waals surface area contributed by atoms with Gasteiger partial charge in [-0.1, -0.05) is 15.9 Å². The molecule has 0 saturated carbocycles. The van der Waals surface area contributed by atoms with Crippen molar-refractivity contribution in [1.29, 1.82) is 0 Å². The third kappa shape index (κ3) is 3.25. The second-order valence-electron chi connectivity index (χ2n) is 5.26. The Morgan fingerprint density at radius 1 is 1.04 bits per heavy atom. The number of halogens is 6. The van der Waals surface area contributed by atoms with Crippen LogP contribution in [0.3, 0.4) is 0 Å². The van der Waals surface area contributed by atoms with Crippen LogP contribution in [-0.2, 0) is 11.5 Å². The van der Waals surface area contributed by atoms with Crippen LogP contribution in [0.25, 0.3) is 16.6 Å². The van der Waals surface area contributed by atoms with Crippen molar-refractivity contribution in [3.63, 3.8) is 0 Å². The second-order valence-corrected chi connectivity index (χ2v) is 6.62. The summed E-state index contributed by atoms with van der Waals surface area (Å²) in [5.41, 5.74) is 0.201. The van der Waals surface area contributed by atoms with Gasteiger partial charge >= 0.3 is 6.18 Å². The molecule has 0 atom stereocenters. The van der Waals surface area contributed by atoms with Gasteiger partial charge < -0.3 is 4.57 Å². The van der Waals surface area contributed by atoms with Gasteiger partial charge in [0.05, 0.1) is 26.6 Å². The van der Waals surface area contributed by atoms with E-state index in [9.17, 15) is 22.4 Å². The minimum absolute atomic E-state index is 0.136. The first-order valence-electron chi connectivity index (χ1n) is 7.00. The molecule has 8 heteroatoms. The van der Waals surface area contributed by atoms with Gasteiger partial charge in [-0.2, -0.15) is 13.2 Å². The van der Waals surface area contributed by atoms with E-state index in [2.05, 4.69) is 31.9 Å². The van der Waals surface area contributed by atoms with Crippen molar-refractivity contribution in [2.45, 2.75) is 11.5 Å². The molecular weight excluding hydrogens is 470 g/mol. The predicted octanol–water partition coefficient (Wildman–Crippen LogP) is 5.81. The summed E-state index contributed by atoms with van der Waals surface area (Å²) < 4.78 is 53.7. The summed E-state index contributed by atoms with van der Waals surface area (Å²) >= 11 is 6.51. The Bertz CT molecular complexity index is 1010. The quantitative estimate of drug-likeness (QED) is 0.336. The number of hydrogen-bond donors (Lipinski definition) is 0. The molecule has 130 valence electrons. The fourth-order valence-corrected chi connectivity index (χ4v) is 4.03. The maximum atomic E-state index is 13.6. The number of hydrogen-bond acceptors (Lipinski definition) is 1. The molecule has 0 fully saturated rings. The first kappa shape index (κ1) is 18.1. The first-order valence-corrected chi connectivity index (χ1v) is 8.91. The maximum absolute atomic E-state index is 13.6. The Morgan fingerprint density at radius 3 is 2.24 bits per heavy atom. The summed E-state index contributed by atoms with van der Waals surface area (Å²) in [4.78, 5) is 12.4. The second kappa shape index (κ2) is 6.57. The van der Waals surface area contributed by atoms with Gasteiger partial charge in [0.1, 0.15) is 5.82 Å². The van der Waals surface area contributed by atoms with Crippen LogP contribution in [0.4, 0.5) is 17.6 Å². The molecule has 0 saturated heterocycles. The lowest BCUT2D eigenvalue weighted by Crippen LogP contribution is -2.15.